The van der Waals surface area contributed by atoms with Crippen LogP contribution >= 0.6 is 0 Å². The first kappa shape index (κ1) is 11.5. The van der Waals surface area contributed by atoms with Crippen LogP contribution in [0.5, 0.6) is 0 Å². The maximum absolute atomic E-state index is 5.74. The van der Waals surface area contributed by atoms with Crippen LogP contribution in [-0.2, 0) is 0 Å². The van der Waals surface area contributed by atoms with Crippen LogP contribution < -0.4 is 5.73 Å². The van der Waals surface area contributed by atoms with E-state index in [0.717, 1.165) is 25.1 Å². The summed E-state index contributed by atoms with van der Waals surface area (Å²) in [4.78, 5) is 4.47. The highest BCUT2D eigenvalue weighted by molar-refractivity contribution is 5.80. The molecule has 0 amide bonds. The lowest BCUT2D eigenvalue weighted by atomic mass is 10.1. The van der Waals surface area contributed by atoms with Crippen LogP contribution in [0.3, 0.4) is 0 Å². The maximum Gasteiger partial charge on any atom is 0.0940 e. The molecule has 1 unspecified atom stereocenters. The molecule has 0 bridgehead atoms. The molecule has 0 aliphatic rings. The monoisotopic (exact) mass is 170 g/mol. The van der Waals surface area contributed by atoms with Crippen molar-refractivity contribution in [2.45, 2.75) is 58.9 Å². The predicted molar refractivity (Wildman–Crippen MR) is 55.5 cm³/mol. The van der Waals surface area contributed by atoms with Gasteiger partial charge in [-0.1, -0.05) is 27.2 Å². The lowest BCUT2D eigenvalue weighted by Gasteiger charge is -2.09. The van der Waals surface area contributed by atoms with Crippen LogP contribution in [0.1, 0.15) is 52.9 Å². The van der Waals surface area contributed by atoms with E-state index in [-0.39, 0.29) is 0 Å². The van der Waals surface area contributed by atoms with Gasteiger partial charge in [0.25, 0.3) is 0 Å². The summed E-state index contributed by atoms with van der Waals surface area (Å²) < 4.78 is 0. The molecule has 0 aliphatic heterocycles. The minimum atomic E-state index is 0.460. The summed E-state index contributed by atoms with van der Waals surface area (Å²) >= 11 is 0. The van der Waals surface area contributed by atoms with E-state index < -0.39 is 0 Å². The Morgan fingerprint density at radius 1 is 1.25 bits per heavy atom. The van der Waals surface area contributed by atoms with E-state index in [2.05, 4.69) is 25.8 Å². The number of nitrogens with zero attached hydrogens (tertiary/aromatic N) is 1. The van der Waals surface area contributed by atoms with Crippen molar-refractivity contribution in [1.82, 2.24) is 0 Å². The Hall–Kier alpha value is -0.530. The van der Waals surface area contributed by atoms with Gasteiger partial charge in [0.1, 0.15) is 0 Å². The van der Waals surface area contributed by atoms with Crippen LogP contribution in [0.25, 0.3) is 0 Å². The molecule has 0 radical (unpaired) electrons. The van der Waals surface area contributed by atoms with Gasteiger partial charge in [-0.2, -0.15) is 0 Å². The minimum Gasteiger partial charge on any atom is -0.387 e. The van der Waals surface area contributed by atoms with Crippen LogP contribution in [0.2, 0.25) is 0 Å². The van der Waals surface area contributed by atoms with Gasteiger partial charge in [0, 0.05) is 6.42 Å². The molecule has 1 atom stereocenters. The molecular formula is C10H22N2. The minimum absolute atomic E-state index is 0.460. The molecule has 0 spiro atoms. The average molecular weight is 170 g/mol. The van der Waals surface area contributed by atoms with Crippen LogP contribution in [0, 0.1) is 0 Å². The number of rotatable bonds is 6. The second-order valence-corrected chi connectivity index (χ2v) is 3.22. The SMILES string of the molecule is CCCC(N)=NC(CC)CCC. The highest BCUT2D eigenvalue weighted by Gasteiger charge is 2.02. The van der Waals surface area contributed by atoms with E-state index in [1.807, 2.05) is 0 Å². The van der Waals surface area contributed by atoms with Crippen LogP contribution in [-0.4, -0.2) is 11.9 Å². The van der Waals surface area contributed by atoms with Gasteiger partial charge in [0.15, 0.2) is 0 Å². The third-order valence-corrected chi connectivity index (χ3v) is 1.95. The van der Waals surface area contributed by atoms with E-state index in [4.69, 9.17) is 5.73 Å². The smallest absolute Gasteiger partial charge is 0.0940 e. The third-order valence-electron chi connectivity index (χ3n) is 1.95. The molecule has 0 aromatic heterocycles. The van der Waals surface area contributed by atoms with Crippen LogP contribution in [0.4, 0.5) is 0 Å². The summed E-state index contributed by atoms with van der Waals surface area (Å²) in [6.45, 7) is 6.49. The maximum atomic E-state index is 5.74. The number of aliphatic imine (C=N–C) groups is 1. The highest BCUT2D eigenvalue weighted by Crippen LogP contribution is 2.06. The van der Waals surface area contributed by atoms with Gasteiger partial charge < -0.3 is 5.73 Å². The Morgan fingerprint density at radius 3 is 2.33 bits per heavy atom. The molecule has 72 valence electrons. The Balaban J connectivity index is 3.87. The van der Waals surface area contributed by atoms with Crippen molar-refractivity contribution in [2.75, 3.05) is 0 Å². The predicted octanol–water partition coefficient (Wildman–Crippen LogP) is 2.72. The number of hydrogen-bond acceptors (Lipinski definition) is 1. The molecule has 0 aromatic carbocycles. The summed E-state index contributed by atoms with van der Waals surface area (Å²) in [5.74, 6) is 0.831. The van der Waals surface area contributed by atoms with E-state index in [0.29, 0.717) is 6.04 Å². The largest absolute Gasteiger partial charge is 0.387 e. The lowest BCUT2D eigenvalue weighted by Crippen LogP contribution is -2.15. The zero-order chi connectivity index (χ0) is 9.40. The van der Waals surface area contributed by atoms with Gasteiger partial charge in [-0.15, -0.1) is 0 Å². The Morgan fingerprint density at radius 2 is 1.92 bits per heavy atom. The summed E-state index contributed by atoms with van der Waals surface area (Å²) in [5, 5.41) is 0. The second kappa shape index (κ2) is 7.14. The molecule has 0 saturated heterocycles. The standard InChI is InChI=1S/C10H22N2/c1-4-7-9(6-3)12-10(11)8-5-2/h9H,4-8H2,1-3H3,(H2,11,12). The highest BCUT2D eigenvalue weighted by atomic mass is 14.9. The Kier molecular flexibility index (Phi) is 6.82. The summed E-state index contributed by atoms with van der Waals surface area (Å²) in [6, 6.07) is 0.460. The van der Waals surface area contributed by atoms with Gasteiger partial charge in [-0.25, -0.2) is 0 Å². The van der Waals surface area contributed by atoms with Crippen molar-refractivity contribution in [3.8, 4) is 0 Å². The van der Waals surface area contributed by atoms with E-state index in [9.17, 15) is 0 Å². The molecule has 0 aromatic rings. The van der Waals surface area contributed by atoms with Crippen molar-refractivity contribution in [2.24, 2.45) is 10.7 Å². The molecule has 0 saturated carbocycles. The van der Waals surface area contributed by atoms with Crippen molar-refractivity contribution < 1.29 is 0 Å². The van der Waals surface area contributed by atoms with Gasteiger partial charge in [0.05, 0.1) is 11.9 Å². The number of hydrogen-bond donors (Lipinski definition) is 1. The van der Waals surface area contributed by atoms with E-state index >= 15 is 0 Å². The Bertz CT molecular complexity index is 130. The normalized spacial score (nSPS) is 14.8. The molecular weight excluding hydrogens is 148 g/mol. The quantitative estimate of drug-likeness (QED) is 0.483. The molecule has 0 heterocycles. The molecule has 0 rings (SSSR count). The van der Waals surface area contributed by atoms with Crippen LogP contribution in [0.15, 0.2) is 4.99 Å². The Labute approximate surface area is 76.3 Å². The van der Waals surface area contributed by atoms with Crippen molar-refractivity contribution in [1.29, 1.82) is 0 Å². The molecule has 0 fully saturated rings. The van der Waals surface area contributed by atoms with Gasteiger partial charge in [0.2, 0.25) is 0 Å². The fourth-order valence-corrected chi connectivity index (χ4v) is 1.25. The molecule has 12 heavy (non-hydrogen) atoms. The summed E-state index contributed by atoms with van der Waals surface area (Å²) in [6.07, 6.45) is 5.51. The zero-order valence-electron chi connectivity index (χ0n) is 8.64. The fourth-order valence-electron chi connectivity index (χ4n) is 1.25. The van der Waals surface area contributed by atoms with Gasteiger partial charge in [-0.05, 0) is 19.3 Å². The second-order valence-electron chi connectivity index (χ2n) is 3.22. The van der Waals surface area contributed by atoms with Gasteiger partial charge in [-0.3, -0.25) is 4.99 Å². The number of amidine groups is 1. The van der Waals surface area contributed by atoms with Crippen molar-refractivity contribution >= 4 is 5.84 Å². The first-order chi connectivity index (χ1) is 5.74. The zero-order valence-corrected chi connectivity index (χ0v) is 8.64. The van der Waals surface area contributed by atoms with Gasteiger partial charge >= 0.3 is 0 Å². The number of nitrogens with two attached hydrogens (primary N) is 1. The van der Waals surface area contributed by atoms with E-state index in [1.54, 1.807) is 0 Å². The molecule has 2 heteroatoms. The van der Waals surface area contributed by atoms with E-state index in [1.165, 1.54) is 12.8 Å². The van der Waals surface area contributed by atoms with Crippen molar-refractivity contribution in [3.63, 3.8) is 0 Å². The third kappa shape index (κ3) is 5.16. The summed E-state index contributed by atoms with van der Waals surface area (Å²) in [5.41, 5.74) is 5.74. The summed E-state index contributed by atoms with van der Waals surface area (Å²) in [7, 11) is 0. The van der Waals surface area contributed by atoms with Crippen molar-refractivity contribution in [3.05, 3.63) is 0 Å². The fraction of sp³-hybridized carbons (Fsp3) is 0.900. The molecule has 0 aliphatic carbocycles. The first-order valence-electron chi connectivity index (χ1n) is 5.06. The first-order valence-corrected chi connectivity index (χ1v) is 5.06. The topological polar surface area (TPSA) is 38.4 Å². The lowest BCUT2D eigenvalue weighted by molar-refractivity contribution is 0.587. The average Bonchev–Trinajstić information content (AvgIpc) is 2.04. The molecule has 2 nitrogen and oxygen atoms in total. The molecule has 2 N–H and O–H groups in total.